The molecule has 0 saturated heterocycles. The smallest absolute Gasteiger partial charge is 0.126 e. The van der Waals surface area contributed by atoms with Gasteiger partial charge >= 0.3 is 0 Å². The van der Waals surface area contributed by atoms with E-state index in [2.05, 4.69) is 6.07 Å². The summed E-state index contributed by atoms with van der Waals surface area (Å²) in [6.45, 7) is 0. The molecule has 2 aromatic carbocycles. The monoisotopic (exact) mass is 278 g/mol. The third-order valence-electron chi connectivity index (χ3n) is 3.67. The number of hydrogen-bond acceptors (Lipinski definition) is 0. The third kappa shape index (κ3) is 2.50. The quantitative estimate of drug-likeness (QED) is 0.701. The Morgan fingerprint density at radius 3 is 2.42 bits per heavy atom. The highest BCUT2D eigenvalue weighted by molar-refractivity contribution is 6.21. The van der Waals surface area contributed by atoms with Gasteiger partial charge in [-0.15, -0.1) is 11.6 Å². The normalized spacial score (nSPS) is 21.4. The number of alkyl halides is 1. The minimum Gasteiger partial charge on any atom is -0.207 e. The summed E-state index contributed by atoms with van der Waals surface area (Å²) >= 11 is 6.45. The van der Waals surface area contributed by atoms with E-state index >= 15 is 0 Å². The fourth-order valence-electron chi connectivity index (χ4n) is 2.84. The van der Waals surface area contributed by atoms with Crippen molar-refractivity contribution in [2.45, 2.75) is 18.2 Å². The molecule has 0 N–H and O–H groups in total. The Labute approximate surface area is 116 Å². The Hall–Kier alpha value is -1.41. The molecule has 0 radical (unpaired) electrons. The number of benzene rings is 2. The summed E-state index contributed by atoms with van der Waals surface area (Å²) < 4.78 is 26.4. The van der Waals surface area contributed by atoms with Gasteiger partial charge < -0.3 is 0 Å². The summed E-state index contributed by atoms with van der Waals surface area (Å²) in [5.74, 6) is -0.867. The Balaban J connectivity index is 1.82. The topological polar surface area (TPSA) is 0 Å². The maximum atomic E-state index is 13.2. The lowest BCUT2D eigenvalue weighted by molar-refractivity contribution is 0.532. The van der Waals surface area contributed by atoms with Crippen molar-refractivity contribution in [2.75, 3.05) is 0 Å². The molecule has 2 unspecified atom stereocenters. The Morgan fingerprint density at radius 2 is 1.74 bits per heavy atom. The van der Waals surface area contributed by atoms with Gasteiger partial charge in [-0.1, -0.05) is 24.3 Å². The zero-order valence-electron chi connectivity index (χ0n) is 10.2. The Bertz CT molecular complexity index is 589. The van der Waals surface area contributed by atoms with E-state index in [4.69, 9.17) is 11.6 Å². The van der Waals surface area contributed by atoms with Gasteiger partial charge in [0.2, 0.25) is 0 Å². The van der Waals surface area contributed by atoms with E-state index in [9.17, 15) is 8.78 Å². The molecule has 0 bridgehead atoms. The first-order valence-electron chi connectivity index (χ1n) is 6.30. The molecule has 0 aromatic heterocycles. The van der Waals surface area contributed by atoms with E-state index in [1.54, 1.807) is 0 Å². The zero-order chi connectivity index (χ0) is 13.4. The first-order chi connectivity index (χ1) is 9.13. The Kier molecular flexibility index (Phi) is 3.28. The van der Waals surface area contributed by atoms with Crippen molar-refractivity contribution in [1.82, 2.24) is 0 Å². The number of hydrogen-bond donors (Lipinski definition) is 0. The lowest BCUT2D eigenvalue weighted by Crippen LogP contribution is -2.07. The van der Waals surface area contributed by atoms with E-state index in [1.807, 2.05) is 18.2 Å². The molecule has 3 rings (SSSR count). The number of fused-ring (bicyclic) bond motifs is 1. The molecule has 0 saturated carbocycles. The molecule has 0 aliphatic heterocycles. The van der Waals surface area contributed by atoms with Gasteiger partial charge in [-0.25, -0.2) is 8.78 Å². The van der Waals surface area contributed by atoms with Crippen LogP contribution in [0.15, 0.2) is 42.5 Å². The molecule has 98 valence electrons. The summed E-state index contributed by atoms with van der Waals surface area (Å²) in [5.41, 5.74) is 3.05. The SMILES string of the molecule is Fc1cc(F)cc(CC2Cc3ccccc3C2Cl)c1. The van der Waals surface area contributed by atoms with Crippen molar-refractivity contribution < 1.29 is 8.78 Å². The predicted molar refractivity (Wildman–Crippen MR) is 72.3 cm³/mol. The van der Waals surface area contributed by atoms with Gasteiger partial charge in [-0.05, 0) is 47.6 Å². The molecular weight excluding hydrogens is 266 g/mol. The zero-order valence-corrected chi connectivity index (χ0v) is 11.0. The van der Waals surface area contributed by atoms with Crippen LogP contribution in [-0.2, 0) is 12.8 Å². The average molecular weight is 279 g/mol. The highest BCUT2D eigenvalue weighted by atomic mass is 35.5. The van der Waals surface area contributed by atoms with Crippen LogP contribution < -0.4 is 0 Å². The lowest BCUT2D eigenvalue weighted by Gasteiger charge is -2.14. The van der Waals surface area contributed by atoms with Crippen LogP contribution in [0, 0.1) is 17.6 Å². The molecule has 0 heterocycles. The van der Waals surface area contributed by atoms with Gasteiger partial charge in [0, 0.05) is 6.07 Å². The van der Waals surface area contributed by atoms with Crippen LogP contribution in [0.4, 0.5) is 8.78 Å². The van der Waals surface area contributed by atoms with Crippen molar-refractivity contribution in [3.8, 4) is 0 Å². The van der Waals surface area contributed by atoms with Gasteiger partial charge in [0.15, 0.2) is 0 Å². The second-order valence-corrected chi connectivity index (χ2v) is 5.52. The molecule has 2 atom stereocenters. The molecule has 0 nitrogen and oxygen atoms in total. The van der Waals surface area contributed by atoms with E-state index < -0.39 is 11.6 Å². The van der Waals surface area contributed by atoms with Gasteiger partial charge in [0.1, 0.15) is 11.6 Å². The van der Waals surface area contributed by atoms with Crippen molar-refractivity contribution in [1.29, 1.82) is 0 Å². The van der Waals surface area contributed by atoms with E-state index in [0.29, 0.717) is 12.0 Å². The van der Waals surface area contributed by atoms with Crippen molar-refractivity contribution in [3.05, 3.63) is 70.8 Å². The second-order valence-electron chi connectivity index (χ2n) is 5.05. The molecular formula is C16H13ClF2. The summed E-state index contributed by atoms with van der Waals surface area (Å²) in [6.07, 6.45) is 1.46. The van der Waals surface area contributed by atoms with E-state index in [0.717, 1.165) is 18.1 Å². The summed E-state index contributed by atoms with van der Waals surface area (Å²) in [4.78, 5) is 0. The van der Waals surface area contributed by atoms with Gasteiger partial charge in [0.25, 0.3) is 0 Å². The molecule has 2 aromatic rings. The van der Waals surface area contributed by atoms with Crippen LogP contribution in [0.5, 0.6) is 0 Å². The maximum Gasteiger partial charge on any atom is 0.126 e. The second kappa shape index (κ2) is 4.93. The summed E-state index contributed by atoms with van der Waals surface area (Å²) in [6, 6.07) is 11.7. The third-order valence-corrected chi connectivity index (χ3v) is 4.26. The molecule has 1 aliphatic carbocycles. The average Bonchev–Trinajstić information content (AvgIpc) is 2.66. The van der Waals surface area contributed by atoms with Crippen LogP contribution in [0.2, 0.25) is 0 Å². The van der Waals surface area contributed by atoms with Crippen LogP contribution >= 0.6 is 11.6 Å². The minimum atomic E-state index is -0.531. The van der Waals surface area contributed by atoms with Gasteiger partial charge in [-0.3, -0.25) is 0 Å². The summed E-state index contributed by atoms with van der Waals surface area (Å²) in [5, 5.41) is -0.0810. The molecule has 1 aliphatic rings. The Morgan fingerprint density at radius 1 is 1.05 bits per heavy atom. The fraction of sp³-hybridized carbons (Fsp3) is 0.250. The first kappa shape index (κ1) is 12.6. The number of rotatable bonds is 2. The van der Waals surface area contributed by atoms with Crippen LogP contribution in [-0.4, -0.2) is 0 Å². The molecule has 0 fully saturated rings. The van der Waals surface area contributed by atoms with Crippen LogP contribution in [0.1, 0.15) is 22.1 Å². The van der Waals surface area contributed by atoms with Crippen molar-refractivity contribution >= 4 is 11.6 Å². The van der Waals surface area contributed by atoms with E-state index in [1.165, 1.54) is 17.7 Å². The lowest BCUT2D eigenvalue weighted by atomic mass is 9.96. The molecule has 3 heteroatoms. The van der Waals surface area contributed by atoms with Gasteiger partial charge in [0.05, 0.1) is 5.38 Å². The minimum absolute atomic E-state index is 0.0810. The molecule has 0 spiro atoms. The largest absolute Gasteiger partial charge is 0.207 e. The van der Waals surface area contributed by atoms with Crippen LogP contribution in [0.3, 0.4) is 0 Å². The standard InChI is InChI=1S/C16H13ClF2/c17-16-12(8-11-3-1-2-4-15(11)16)5-10-6-13(18)9-14(19)7-10/h1-4,6-7,9,12,16H,5,8H2. The first-order valence-corrected chi connectivity index (χ1v) is 6.74. The molecule has 0 amide bonds. The van der Waals surface area contributed by atoms with Crippen LogP contribution in [0.25, 0.3) is 0 Å². The predicted octanol–water partition coefficient (Wildman–Crippen LogP) is 4.66. The molecule has 19 heavy (non-hydrogen) atoms. The highest BCUT2D eigenvalue weighted by Crippen LogP contribution is 2.42. The summed E-state index contributed by atoms with van der Waals surface area (Å²) in [7, 11) is 0. The number of halogens is 3. The van der Waals surface area contributed by atoms with Gasteiger partial charge in [-0.2, -0.15) is 0 Å². The van der Waals surface area contributed by atoms with Crippen molar-refractivity contribution in [2.24, 2.45) is 5.92 Å². The highest BCUT2D eigenvalue weighted by Gasteiger charge is 2.30. The van der Waals surface area contributed by atoms with Crippen molar-refractivity contribution in [3.63, 3.8) is 0 Å². The van der Waals surface area contributed by atoms with E-state index in [-0.39, 0.29) is 11.3 Å². The maximum absolute atomic E-state index is 13.2. The fourth-order valence-corrected chi connectivity index (χ4v) is 3.23.